The van der Waals surface area contributed by atoms with Crippen LogP contribution in [0.1, 0.15) is 22.6 Å². The lowest BCUT2D eigenvalue weighted by molar-refractivity contribution is 0.295. The molecule has 2 aromatic heterocycles. The van der Waals surface area contributed by atoms with Crippen LogP contribution in [0, 0.1) is 0 Å². The van der Waals surface area contributed by atoms with E-state index in [1.807, 2.05) is 24.3 Å². The highest BCUT2D eigenvalue weighted by atomic mass is 16.3. The van der Waals surface area contributed by atoms with Crippen LogP contribution in [0.3, 0.4) is 0 Å². The lowest BCUT2D eigenvalue weighted by Crippen LogP contribution is -2.31. The molecule has 0 radical (unpaired) electrons. The fourth-order valence-corrected chi connectivity index (χ4v) is 4.62. The van der Waals surface area contributed by atoms with Crippen molar-refractivity contribution in [3.8, 4) is 11.3 Å². The Bertz CT molecular complexity index is 1390. The predicted molar refractivity (Wildman–Crippen MR) is 119 cm³/mol. The zero-order chi connectivity index (χ0) is 20.1. The molecule has 0 N–H and O–H groups in total. The summed E-state index contributed by atoms with van der Waals surface area (Å²) in [5, 5.41) is 11.2. The minimum absolute atomic E-state index is 0.342. The van der Waals surface area contributed by atoms with E-state index >= 15 is 0 Å². The van der Waals surface area contributed by atoms with Crippen LogP contribution < -0.4 is 0 Å². The summed E-state index contributed by atoms with van der Waals surface area (Å²) >= 11 is 0. The molecule has 0 amide bonds. The molecule has 0 spiro atoms. The average molecular weight is 391 g/mol. The third kappa shape index (κ3) is 2.88. The maximum Gasteiger partial charge on any atom is 0.133 e. The van der Waals surface area contributed by atoms with Gasteiger partial charge >= 0.3 is 0 Å². The van der Waals surface area contributed by atoms with Crippen molar-refractivity contribution in [2.45, 2.75) is 12.5 Å². The summed E-state index contributed by atoms with van der Waals surface area (Å²) in [4.78, 5) is 2.39. The second-order valence-electron chi connectivity index (χ2n) is 8.17. The van der Waals surface area contributed by atoms with Gasteiger partial charge in [-0.2, -0.15) is 0 Å². The second kappa shape index (κ2) is 6.78. The van der Waals surface area contributed by atoms with Gasteiger partial charge in [0.1, 0.15) is 5.58 Å². The van der Waals surface area contributed by atoms with E-state index in [1.165, 1.54) is 16.7 Å². The Hall–Kier alpha value is -3.50. The minimum Gasteiger partial charge on any atom is -0.464 e. The predicted octanol–water partition coefficient (Wildman–Crippen LogP) is 5.62. The molecule has 0 saturated heterocycles. The number of benzene rings is 3. The number of hydrogen-bond donors (Lipinski definition) is 0. The first-order valence-corrected chi connectivity index (χ1v) is 10.3. The summed E-state index contributed by atoms with van der Waals surface area (Å²) in [6, 6.07) is 25.6. The molecule has 0 aliphatic carbocycles. The molecule has 146 valence electrons. The third-order valence-corrected chi connectivity index (χ3v) is 6.12. The molecule has 3 heterocycles. The molecular weight excluding hydrogens is 370 g/mol. The monoisotopic (exact) mass is 391 g/mol. The van der Waals surface area contributed by atoms with Gasteiger partial charge in [0.25, 0.3) is 0 Å². The molecule has 1 aliphatic rings. The summed E-state index contributed by atoms with van der Waals surface area (Å²) in [5.41, 5.74) is 7.98. The second-order valence-corrected chi connectivity index (χ2v) is 8.17. The van der Waals surface area contributed by atoms with Crippen molar-refractivity contribution in [3.05, 3.63) is 95.7 Å². The standard InChI is InChI=1S/C26H21N3O/c1-29-15-21-13-19(25-14-18-4-2-3-5-24(18)27-28-25)6-8-22(21)23(16-29)17-7-9-26-20(12-17)10-11-30-26/h2-14,23H,15-16H2,1H3. The van der Waals surface area contributed by atoms with Crippen molar-refractivity contribution in [3.63, 3.8) is 0 Å². The average Bonchev–Trinajstić information content (AvgIpc) is 3.25. The van der Waals surface area contributed by atoms with Crippen molar-refractivity contribution in [2.24, 2.45) is 0 Å². The van der Waals surface area contributed by atoms with Crippen LogP contribution in [0.4, 0.5) is 0 Å². The van der Waals surface area contributed by atoms with Gasteiger partial charge in [-0.25, -0.2) is 0 Å². The molecule has 6 rings (SSSR count). The molecule has 30 heavy (non-hydrogen) atoms. The van der Waals surface area contributed by atoms with E-state index in [1.54, 1.807) is 6.26 Å². The number of fused-ring (bicyclic) bond motifs is 3. The summed E-state index contributed by atoms with van der Waals surface area (Å²) in [5.74, 6) is 0.342. The Morgan fingerprint density at radius 3 is 2.80 bits per heavy atom. The summed E-state index contributed by atoms with van der Waals surface area (Å²) in [6.45, 7) is 1.94. The Labute approximate surface area is 174 Å². The van der Waals surface area contributed by atoms with Crippen LogP contribution in [0.15, 0.2) is 83.5 Å². The number of nitrogens with zero attached hydrogens (tertiary/aromatic N) is 3. The van der Waals surface area contributed by atoms with Crippen LogP contribution in [0.5, 0.6) is 0 Å². The zero-order valence-electron chi connectivity index (χ0n) is 16.7. The fourth-order valence-electron chi connectivity index (χ4n) is 4.62. The number of hydrogen-bond acceptors (Lipinski definition) is 4. The molecule has 3 aromatic carbocycles. The van der Waals surface area contributed by atoms with E-state index in [9.17, 15) is 0 Å². The van der Waals surface area contributed by atoms with E-state index < -0.39 is 0 Å². The smallest absolute Gasteiger partial charge is 0.133 e. The quantitative estimate of drug-likeness (QED) is 0.392. The molecule has 5 aromatic rings. The van der Waals surface area contributed by atoms with Gasteiger partial charge in [-0.1, -0.05) is 36.4 Å². The van der Waals surface area contributed by atoms with Crippen molar-refractivity contribution in [2.75, 3.05) is 13.6 Å². The Kier molecular flexibility index (Phi) is 3.93. The highest BCUT2D eigenvalue weighted by molar-refractivity contribution is 5.82. The lowest BCUT2D eigenvalue weighted by Gasteiger charge is -2.33. The van der Waals surface area contributed by atoms with Crippen molar-refractivity contribution >= 4 is 21.9 Å². The minimum atomic E-state index is 0.342. The first-order chi connectivity index (χ1) is 14.7. The number of likely N-dealkylation sites (N-methyl/N-ethyl adjacent to an activating group) is 1. The molecule has 0 fully saturated rings. The van der Waals surface area contributed by atoms with E-state index in [0.29, 0.717) is 5.92 Å². The van der Waals surface area contributed by atoms with Gasteiger partial charge in [-0.15, -0.1) is 10.2 Å². The van der Waals surface area contributed by atoms with Gasteiger partial charge in [0, 0.05) is 35.3 Å². The van der Waals surface area contributed by atoms with Crippen LogP contribution in [-0.2, 0) is 6.54 Å². The van der Waals surface area contributed by atoms with Gasteiger partial charge in [-0.05, 0) is 60.1 Å². The van der Waals surface area contributed by atoms with E-state index in [4.69, 9.17) is 4.42 Å². The molecule has 0 bridgehead atoms. The highest BCUT2D eigenvalue weighted by Gasteiger charge is 2.25. The van der Waals surface area contributed by atoms with Gasteiger partial charge < -0.3 is 9.32 Å². The van der Waals surface area contributed by atoms with Gasteiger partial charge in [0.15, 0.2) is 0 Å². The maximum atomic E-state index is 5.52. The molecule has 1 atom stereocenters. The SMILES string of the molecule is CN1Cc2cc(-c3cc4ccccc4nn3)ccc2C(c2ccc3occc3c2)C1. The number of aromatic nitrogens is 2. The summed E-state index contributed by atoms with van der Waals surface area (Å²) in [6.07, 6.45) is 1.76. The first-order valence-electron chi connectivity index (χ1n) is 10.3. The zero-order valence-corrected chi connectivity index (χ0v) is 16.7. The first kappa shape index (κ1) is 17.4. The maximum absolute atomic E-state index is 5.52. The van der Waals surface area contributed by atoms with E-state index in [2.05, 4.69) is 70.7 Å². The summed E-state index contributed by atoms with van der Waals surface area (Å²) < 4.78 is 5.52. The Morgan fingerprint density at radius 1 is 0.900 bits per heavy atom. The molecule has 1 aliphatic heterocycles. The topological polar surface area (TPSA) is 42.2 Å². The lowest BCUT2D eigenvalue weighted by atomic mass is 9.83. The highest BCUT2D eigenvalue weighted by Crippen LogP contribution is 2.36. The van der Waals surface area contributed by atoms with Crippen LogP contribution in [-0.4, -0.2) is 28.7 Å². The number of rotatable bonds is 2. The van der Waals surface area contributed by atoms with Crippen molar-refractivity contribution < 1.29 is 4.42 Å². The summed E-state index contributed by atoms with van der Waals surface area (Å²) in [7, 11) is 2.19. The van der Waals surface area contributed by atoms with E-state index in [-0.39, 0.29) is 0 Å². The van der Waals surface area contributed by atoms with Crippen LogP contribution in [0.25, 0.3) is 33.1 Å². The number of furan rings is 1. The van der Waals surface area contributed by atoms with E-state index in [0.717, 1.165) is 46.2 Å². The van der Waals surface area contributed by atoms with Crippen molar-refractivity contribution in [1.82, 2.24) is 15.1 Å². The van der Waals surface area contributed by atoms with Gasteiger partial charge in [-0.3, -0.25) is 0 Å². The molecular formula is C26H21N3O. The largest absolute Gasteiger partial charge is 0.464 e. The Balaban J connectivity index is 1.43. The molecule has 4 nitrogen and oxygen atoms in total. The van der Waals surface area contributed by atoms with Gasteiger partial charge in [0.05, 0.1) is 17.5 Å². The molecule has 0 saturated carbocycles. The Morgan fingerprint density at radius 2 is 1.83 bits per heavy atom. The van der Waals surface area contributed by atoms with Crippen LogP contribution >= 0.6 is 0 Å². The van der Waals surface area contributed by atoms with Crippen molar-refractivity contribution in [1.29, 1.82) is 0 Å². The molecule has 1 unspecified atom stereocenters. The van der Waals surface area contributed by atoms with Crippen LogP contribution in [0.2, 0.25) is 0 Å². The third-order valence-electron chi connectivity index (χ3n) is 6.12. The fraction of sp³-hybridized carbons (Fsp3) is 0.154. The van der Waals surface area contributed by atoms with Gasteiger partial charge in [0.2, 0.25) is 0 Å². The normalized spacial score (nSPS) is 16.8. The molecule has 4 heteroatoms.